The Balaban J connectivity index is 2.42. The number of aliphatic hydroxyl groups is 1. The van der Waals surface area contributed by atoms with Gasteiger partial charge in [0.25, 0.3) is 0 Å². The van der Waals surface area contributed by atoms with Gasteiger partial charge in [0, 0.05) is 12.1 Å². The lowest BCUT2D eigenvalue weighted by atomic mass is 10.1. The predicted molar refractivity (Wildman–Crippen MR) is 51.2 cm³/mol. The zero-order valence-corrected chi connectivity index (χ0v) is 7.80. The SMILES string of the molecule is COc1ccc2c(c1)CC(O)N2C=O. The van der Waals surface area contributed by atoms with Crippen molar-refractivity contribution in [3.63, 3.8) is 0 Å². The highest BCUT2D eigenvalue weighted by molar-refractivity contribution is 5.80. The van der Waals surface area contributed by atoms with Gasteiger partial charge in [0.2, 0.25) is 6.41 Å². The maximum absolute atomic E-state index is 10.7. The number of carbonyl (C=O) groups excluding carboxylic acids is 1. The van der Waals surface area contributed by atoms with Gasteiger partial charge in [0.05, 0.1) is 7.11 Å². The molecular formula is C10H11NO3. The fourth-order valence-electron chi connectivity index (χ4n) is 1.69. The molecule has 1 heterocycles. The molecule has 0 spiro atoms. The van der Waals surface area contributed by atoms with Crippen molar-refractivity contribution in [2.45, 2.75) is 12.6 Å². The Labute approximate surface area is 81.7 Å². The van der Waals surface area contributed by atoms with Crippen molar-refractivity contribution < 1.29 is 14.6 Å². The minimum Gasteiger partial charge on any atom is -0.497 e. The van der Waals surface area contributed by atoms with Gasteiger partial charge < -0.3 is 9.84 Å². The number of amides is 1. The van der Waals surface area contributed by atoms with E-state index in [0.717, 1.165) is 17.0 Å². The van der Waals surface area contributed by atoms with E-state index in [1.54, 1.807) is 19.2 Å². The van der Waals surface area contributed by atoms with Gasteiger partial charge in [-0.2, -0.15) is 0 Å². The first-order valence-corrected chi connectivity index (χ1v) is 4.35. The van der Waals surface area contributed by atoms with Gasteiger partial charge in [0.1, 0.15) is 12.0 Å². The van der Waals surface area contributed by atoms with Gasteiger partial charge in [-0.05, 0) is 23.8 Å². The molecule has 1 atom stereocenters. The van der Waals surface area contributed by atoms with Gasteiger partial charge >= 0.3 is 0 Å². The predicted octanol–water partition coefficient (Wildman–Crippen LogP) is 0.532. The topological polar surface area (TPSA) is 49.8 Å². The lowest BCUT2D eigenvalue weighted by Gasteiger charge is -2.14. The number of fused-ring (bicyclic) bond motifs is 1. The molecule has 0 saturated heterocycles. The molecule has 0 aliphatic carbocycles. The van der Waals surface area contributed by atoms with E-state index in [1.807, 2.05) is 6.07 Å². The van der Waals surface area contributed by atoms with E-state index in [-0.39, 0.29) is 0 Å². The molecule has 4 heteroatoms. The Kier molecular flexibility index (Phi) is 2.13. The number of methoxy groups -OCH3 is 1. The maximum atomic E-state index is 10.7. The molecule has 0 saturated carbocycles. The lowest BCUT2D eigenvalue weighted by molar-refractivity contribution is -0.108. The van der Waals surface area contributed by atoms with Crippen molar-refractivity contribution in [1.82, 2.24) is 0 Å². The van der Waals surface area contributed by atoms with E-state index in [9.17, 15) is 9.90 Å². The molecule has 4 nitrogen and oxygen atoms in total. The number of anilines is 1. The quantitative estimate of drug-likeness (QED) is 0.697. The Morgan fingerprint density at radius 1 is 1.64 bits per heavy atom. The second-order valence-corrected chi connectivity index (χ2v) is 3.19. The molecule has 2 rings (SSSR count). The van der Waals surface area contributed by atoms with Gasteiger partial charge in [-0.25, -0.2) is 0 Å². The normalized spacial score (nSPS) is 19.3. The summed E-state index contributed by atoms with van der Waals surface area (Å²) >= 11 is 0. The highest BCUT2D eigenvalue weighted by Crippen LogP contribution is 2.32. The minimum absolute atomic E-state index is 0.464. The molecule has 74 valence electrons. The summed E-state index contributed by atoms with van der Waals surface area (Å²) < 4.78 is 5.06. The molecule has 14 heavy (non-hydrogen) atoms. The van der Waals surface area contributed by atoms with Crippen LogP contribution in [0.4, 0.5) is 5.69 Å². The van der Waals surface area contributed by atoms with E-state index in [2.05, 4.69) is 0 Å². The number of carbonyl (C=O) groups is 1. The van der Waals surface area contributed by atoms with Gasteiger partial charge in [-0.15, -0.1) is 0 Å². The Morgan fingerprint density at radius 3 is 3.07 bits per heavy atom. The van der Waals surface area contributed by atoms with Crippen LogP contribution in [-0.4, -0.2) is 24.9 Å². The van der Waals surface area contributed by atoms with E-state index >= 15 is 0 Å². The van der Waals surface area contributed by atoms with Crippen LogP contribution in [0.5, 0.6) is 5.75 Å². The van der Waals surface area contributed by atoms with Crippen LogP contribution in [0.1, 0.15) is 5.56 Å². The van der Waals surface area contributed by atoms with Crippen LogP contribution in [0.2, 0.25) is 0 Å². The molecule has 0 radical (unpaired) electrons. The molecule has 1 aromatic carbocycles. The van der Waals surface area contributed by atoms with Gasteiger partial charge in [0.15, 0.2) is 0 Å². The van der Waals surface area contributed by atoms with Crippen LogP contribution in [0.3, 0.4) is 0 Å². The van der Waals surface area contributed by atoms with E-state index < -0.39 is 6.23 Å². The summed E-state index contributed by atoms with van der Waals surface area (Å²) in [5.41, 5.74) is 1.69. The average molecular weight is 193 g/mol. The van der Waals surface area contributed by atoms with E-state index in [0.29, 0.717) is 12.8 Å². The second-order valence-electron chi connectivity index (χ2n) is 3.19. The van der Waals surface area contributed by atoms with Crippen LogP contribution in [0.25, 0.3) is 0 Å². The number of aliphatic hydroxyl groups excluding tert-OH is 1. The third-order valence-electron chi connectivity index (χ3n) is 2.40. The molecule has 0 aromatic heterocycles. The summed E-state index contributed by atoms with van der Waals surface area (Å²) in [6, 6.07) is 5.38. The summed E-state index contributed by atoms with van der Waals surface area (Å²) in [6.45, 7) is 0. The average Bonchev–Trinajstić information content (AvgIpc) is 2.51. The van der Waals surface area contributed by atoms with Crippen molar-refractivity contribution in [3.8, 4) is 5.75 Å². The molecule has 1 aliphatic rings. The van der Waals surface area contributed by atoms with Crippen molar-refractivity contribution in [2.75, 3.05) is 12.0 Å². The largest absolute Gasteiger partial charge is 0.497 e. The number of hydrogen-bond donors (Lipinski definition) is 1. The summed E-state index contributed by atoms with van der Waals surface area (Å²) in [5.74, 6) is 0.740. The van der Waals surface area contributed by atoms with Gasteiger partial charge in [-0.3, -0.25) is 9.69 Å². The van der Waals surface area contributed by atoms with Crippen LogP contribution in [-0.2, 0) is 11.2 Å². The number of benzene rings is 1. The third kappa shape index (κ3) is 1.24. The molecule has 1 aliphatic heterocycles. The first kappa shape index (κ1) is 9.02. The first-order chi connectivity index (χ1) is 6.76. The third-order valence-corrected chi connectivity index (χ3v) is 2.40. The summed E-state index contributed by atoms with van der Waals surface area (Å²) in [4.78, 5) is 12.0. The van der Waals surface area contributed by atoms with Crippen LogP contribution < -0.4 is 9.64 Å². The standard InChI is InChI=1S/C10H11NO3/c1-14-8-2-3-9-7(4-8)5-10(13)11(9)6-12/h2-4,6,10,13H,5H2,1H3. The van der Waals surface area contributed by atoms with Gasteiger partial charge in [-0.1, -0.05) is 0 Å². The monoisotopic (exact) mass is 193 g/mol. The van der Waals surface area contributed by atoms with E-state index in [1.165, 1.54) is 4.90 Å². The van der Waals surface area contributed by atoms with Crippen molar-refractivity contribution in [2.24, 2.45) is 0 Å². The van der Waals surface area contributed by atoms with Crippen molar-refractivity contribution >= 4 is 12.1 Å². The molecule has 1 unspecified atom stereocenters. The highest BCUT2D eigenvalue weighted by Gasteiger charge is 2.27. The lowest BCUT2D eigenvalue weighted by Crippen LogP contribution is -2.29. The number of nitrogens with zero attached hydrogens (tertiary/aromatic N) is 1. The Morgan fingerprint density at radius 2 is 2.43 bits per heavy atom. The molecule has 1 amide bonds. The molecular weight excluding hydrogens is 182 g/mol. The van der Waals surface area contributed by atoms with Crippen molar-refractivity contribution in [1.29, 1.82) is 0 Å². The zero-order valence-electron chi connectivity index (χ0n) is 7.80. The fourth-order valence-corrected chi connectivity index (χ4v) is 1.69. The maximum Gasteiger partial charge on any atom is 0.216 e. The van der Waals surface area contributed by atoms with E-state index in [4.69, 9.17) is 4.74 Å². The van der Waals surface area contributed by atoms with Crippen LogP contribution in [0.15, 0.2) is 18.2 Å². The molecule has 0 bridgehead atoms. The molecule has 1 N–H and O–H groups in total. The second kappa shape index (κ2) is 3.31. The number of hydrogen-bond acceptors (Lipinski definition) is 3. The smallest absolute Gasteiger partial charge is 0.216 e. The summed E-state index contributed by atoms with van der Waals surface area (Å²) in [5, 5.41) is 9.53. The Bertz CT molecular complexity index is 364. The van der Waals surface area contributed by atoms with Crippen LogP contribution >= 0.6 is 0 Å². The Hall–Kier alpha value is -1.55. The number of ether oxygens (including phenoxy) is 1. The van der Waals surface area contributed by atoms with Crippen molar-refractivity contribution in [3.05, 3.63) is 23.8 Å². The molecule has 1 aromatic rings. The minimum atomic E-state index is -0.741. The first-order valence-electron chi connectivity index (χ1n) is 4.35. The number of rotatable bonds is 2. The molecule has 0 fully saturated rings. The zero-order chi connectivity index (χ0) is 10.1. The highest BCUT2D eigenvalue weighted by atomic mass is 16.5. The van der Waals surface area contributed by atoms with Crippen LogP contribution in [0, 0.1) is 0 Å². The fraction of sp³-hybridized carbons (Fsp3) is 0.300. The summed E-state index contributed by atoms with van der Waals surface area (Å²) in [7, 11) is 1.59. The summed E-state index contributed by atoms with van der Waals surface area (Å²) in [6.07, 6.45) is 0.364.